The maximum atomic E-state index is 9.25. The van der Waals surface area contributed by atoms with Gasteiger partial charge in [-0.1, -0.05) is 0 Å². The van der Waals surface area contributed by atoms with Crippen LogP contribution in [0.1, 0.15) is 18.3 Å². The largest absolute Gasteiger partial charge is 0.384 e. The van der Waals surface area contributed by atoms with Crippen LogP contribution in [0.15, 0.2) is 16.9 Å². The number of nitrogens with zero attached hydrogens (tertiary/aromatic N) is 3. The van der Waals surface area contributed by atoms with E-state index < -0.39 is 6.10 Å². The monoisotopic (exact) mass is 227 g/mol. The fourth-order valence-electron chi connectivity index (χ4n) is 0.672. The number of aliphatic hydroxyl groups is 1. The molecule has 0 radical (unpaired) electrons. The predicted molar refractivity (Wildman–Crippen MR) is 44.9 cm³/mol. The fourth-order valence-corrected chi connectivity index (χ4v) is 0.877. The summed E-state index contributed by atoms with van der Waals surface area (Å²) in [5.74, 6) is 0.278. The lowest BCUT2D eigenvalue weighted by molar-refractivity contribution is 0.173. The van der Waals surface area contributed by atoms with Gasteiger partial charge in [-0.3, -0.25) is 0 Å². The topological polar surface area (TPSA) is 69.8 Å². The Bertz CT molecular complexity index is 293. The maximum absolute atomic E-state index is 9.25. The summed E-state index contributed by atoms with van der Waals surface area (Å²) in [7, 11) is 0. The summed E-state index contributed by atoms with van der Waals surface area (Å²) < 4.78 is 0.746. The van der Waals surface area contributed by atoms with Gasteiger partial charge >= 0.3 is 0 Å². The molecule has 0 amide bonds. The van der Waals surface area contributed by atoms with Crippen molar-refractivity contribution in [3.05, 3.63) is 22.7 Å². The molecule has 1 aromatic rings. The number of halogens is 1. The molecule has 0 aliphatic rings. The number of aliphatic hydroxyl groups excluding tert-OH is 1. The summed E-state index contributed by atoms with van der Waals surface area (Å²) in [6.07, 6.45) is 2.19. The van der Waals surface area contributed by atoms with Crippen molar-refractivity contribution in [1.82, 2.24) is 9.97 Å². The van der Waals surface area contributed by atoms with Gasteiger partial charge in [-0.15, -0.1) is 0 Å². The van der Waals surface area contributed by atoms with Crippen LogP contribution in [0.3, 0.4) is 0 Å². The Kier molecular flexibility index (Phi) is 3.14. The molecular weight excluding hydrogens is 222 g/mol. The first kappa shape index (κ1) is 9.10. The van der Waals surface area contributed by atoms with E-state index in [9.17, 15) is 5.11 Å². The molecule has 0 fully saturated rings. The zero-order valence-corrected chi connectivity index (χ0v) is 7.69. The van der Waals surface area contributed by atoms with Gasteiger partial charge in [-0.25, -0.2) is 9.97 Å². The van der Waals surface area contributed by atoms with Crippen molar-refractivity contribution < 1.29 is 5.11 Å². The quantitative estimate of drug-likeness (QED) is 0.825. The lowest BCUT2D eigenvalue weighted by Gasteiger charge is -2.02. The van der Waals surface area contributed by atoms with Gasteiger partial charge in [-0.05, 0) is 15.9 Å². The summed E-state index contributed by atoms with van der Waals surface area (Å²) in [6.45, 7) is 0. The summed E-state index contributed by atoms with van der Waals surface area (Å²) >= 11 is 3.16. The summed E-state index contributed by atoms with van der Waals surface area (Å²) in [6, 6.07) is 1.84. The minimum atomic E-state index is -0.886. The Labute approximate surface area is 78.0 Å². The molecule has 0 saturated carbocycles. The van der Waals surface area contributed by atoms with E-state index in [-0.39, 0.29) is 12.2 Å². The SMILES string of the molecule is N#CCC(O)c1ncc(Br)cn1. The average molecular weight is 228 g/mol. The maximum Gasteiger partial charge on any atom is 0.157 e. The van der Waals surface area contributed by atoms with Gasteiger partial charge < -0.3 is 5.11 Å². The lowest BCUT2D eigenvalue weighted by atomic mass is 10.2. The Morgan fingerprint density at radius 2 is 2.17 bits per heavy atom. The van der Waals surface area contributed by atoms with Crippen LogP contribution in [-0.4, -0.2) is 15.1 Å². The van der Waals surface area contributed by atoms with Crippen LogP contribution in [0.4, 0.5) is 0 Å². The van der Waals surface area contributed by atoms with Gasteiger partial charge in [0.2, 0.25) is 0 Å². The molecule has 62 valence electrons. The third-order valence-corrected chi connectivity index (χ3v) is 1.63. The van der Waals surface area contributed by atoms with Crippen LogP contribution < -0.4 is 0 Å². The molecule has 12 heavy (non-hydrogen) atoms. The van der Waals surface area contributed by atoms with E-state index in [1.54, 1.807) is 0 Å². The molecular formula is C7H6BrN3O. The number of hydrogen-bond donors (Lipinski definition) is 1. The van der Waals surface area contributed by atoms with E-state index in [4.69, 9.17) is 5.26 Å². The highest BCUT2D eigenvalue weighted by Crippen LogP contribution is 2.12. The minimum Gasteiger partial charge on any atom is -0.384 e. The minimum absolute atomic E-state index is 0.0155. The second kappa shape index (κ2) is 4.14. The molecule has 1 aromatic heterocycles. The summed E-state index contributed by atoms with van der Waals surface area (Å²) in [5, 5.41) is 17.5. The van der Waals surface area contributed by atoms with Crippen molar-refractivity contribution >= 4 is 15.9 Å². The Morgan fingerprint density at radius 3 is 2.67 bits per heavy atom. The predicted octanol–water partition coefficient (Wildman–Crippen LogP) is 1.19. The lowest BCUT2D eigenvalue weighted by Crippen LogP contribution is -2.01. The normalized spacial score (nSPS) is 12.1. The van der Waals surface area contributed by atoms with Crippen LogP contribution in [-0.2, 0) is 0 Å². The molecule has 1 N–H and O–H groups in total. The second-order valence-corrected chi connectivity index (χ2v) is 3.05. The highest BCUT2D eigenvalue weighted by Gasteiger charge is 2.08. The van der Waals surface area contributed by atoms with E-state index in [1.165, 1.54) is 12.4 Å². The van der Waals surface area contributed by atoms with Gasteiger partial charge in [0, 0.05) is 12.4 Å². The van der Waals surface area contributed by atoms with Crippen LogP contribution >= 0.6 is 15.9 Å². The van der Waals surface area contributed by atoms with Gasteiger partial charge in [0.25, 0.3) is 0 Å². The van der Waals surface area contributed by atoms with Gasteiger partial charge in [0.1, 0.15) is 6.10 Å². The van der Waals surface area contributed by atoms with E-state index in [0.717, 1.165) is 4.47 Å². The standard InChI is InChI=1S/C7H6BrN3O/c8-5-3-10-7(11-4-5)6(12)1-2-9/h3-4,6,12H,1H2. The first-order chi connectivity index (χ1) is 5.74. The zero-order chi connectivity index (χ0) is 8.97. The molecule has 0 bridgehead atoms. The van der Waals surface area contributed by atoms with Gasteiger partial charge in [0.05, 0.1) is 17.0 Å². The number of hydrogen-bond acceptors (Lipinski definition) is 4. The molecule has 1 rings (SSSR count). The molecule has 1 unspecified atom stereocenters. The van der Waals surface area contributed by atoms with Crippen LogP contribution in [0, 0.1) is 11.3 Å². The van der Waals surface area contributed by atoms with E-state index >= 15 is 0 Å². The number of rotatable bonds is 2. The third-order valence-electron chi connectivity index (χ3n) is 1.22. The fraction of sp³-hybridized carbons (Fsp3) is 0.286. The summed E-state index contributed by atoms with van der Waals surface area (Å²) in [4.78, 5) is 7.68. The first-order valence-electron chi connectivity index (χ1n) is 3.26. The average Bonchev–Trinajstić information content (AvgIpc) is 2.06. The Balaban J connectivity index is 2.76. The second-order valence-electron chi connectivity index (χ2n) is 2.14. The molecule has 0 aromatic carbocycles. The number of nitriles is 1. The van der Waals surface area contributed by atoms with E-state index in [2.05, 4.69) is 25.9 Å². The van der Waals surface area contributed by atoms with Crippen molar-refractivity contribution in [3.8, 4) is 6.07 Å². The van der Waals surface area contributed by atoms with E-state index in [0.29, 0.717) is 0 Å². The van der Waals surface area contributed by atoms with Crippen molar-refractivity contribution in [2.45, 2.75) is 12.5 Å². The smallest absolute Gasteiger partial charge is 0.157 e. The molecule has 0 aliphatic heterocycles. The number of aromatic nitrogens is 2. The molecule has 1 heterocycles. The Morgan fingerprint density at radius 1 is 1.58 bits per heavy atom. The van der Waals surface area contributed by atoms with Crippen molar-refractivity contribution in [3.63, 3.8) is 0 Å². The Hall–Kier alpha value is -0.990. The zero-order valence-electron chi connectivity index (χ0n) is 6.11. The highest BCUT2D eigenvalue weighted by atomic mass is 79.9. The molecule has 0 saturated heterocycles. The third kappa shape index (κ3) is 2.26. The highest BCUT2D eigenvalue weighted by molar-refractivity contribution is 9.10. The molecule has 1 atom stereocenters. The summed E-state index contributed by atoms with van der Waals surface area (Å²) in [5.41, 5.74) is 0. The first-order valence-corrected chi connectivity index (χ1v) is 4.06. The van der Waals surface area contributed by atoms with Crippen LogP contribution in [0.2, 0.25) is 0 Å². The van der Waals surface area contributed by atoms with Crippen LogP contribution in [0.5, 0.6) is 0 Å². The van der Waals surface area contributed by atoms with E-state index in [1.807, 2.05) is 6.07 Å². The van der Waals surface area contributed by atoms with Crippen molar-refractivity contribution in [1.29, 1.82) is 5.26 Å². The molecule has 5 heteroatoms. The molecule has 0 aliphatic carbocycles. The van der Waals surface area contributed by atoms with Crippen LogP contribution in [0.25, 0.3) is 0 Å². The van der Waals surface area contributed by atoms with Gasteiger partial charge in [-0.2, -0.15) is 5.26 Å². The van der Waals surface area contributed by atoms with Gasteiger partial charge in [0.15, 0.2) is 5.82 Å². The molecule has 0 spiro atoms. The van der Waals surface area contributed by atoms with Crippen molar-refractivity contribution in [2.24, 2.45) is 0 Å². The molecule has 4 nitrogen and oxygen atoms in total. The van der Waals surface area contributed by atoms with Crippen molar-refractivity contribution in [2.75, 3.05) is 0 Å².